The summed E-state index contributed by atoms with van der Waals surface area (Å²) in [4.78, 5) is 22.4. The Kier molecular flexibility index (Phi) is 7.99. The van der Waals surface area contributed by atoms with Crippen LogP contribution in [0.3, 0.4) is 0 Å². The number of nitrogens with zero attached hydrogens (tertiary/aromatic N) is 3. The quantitative estimate of drug-likeness (QED) is 0.501. The summed E-state index contributed by atoms with van der Waals surface area (Å²) in [6.45, 7) is 0.216. The van der Waals surface area contributed by atoms with E-state index in [2.05, 4.69) is 15.5 Å². The molecule has 32 heavy (non-hydrogen) atoms. The van der Waals surface area contributed by atoms with E-state index in [1.165, 1.54) is 17.8 Å². The number of imide groups is 1. The number of hydrogen-bond acceptors (Lipinski definition) is 6. The molecule has 1 saturated carbocycles. The van der Waals surface area contributed by atoms with Gasteiger partial charge in [0.15, 0.2) is 11.0 Å². The summed E-state index contributed by atoms with van der Waals surface area (Å²) in [7, 11) is 0. The van der Waals surface area contributed by atoms with E-state index in [0.717, 1.165) is 44.2 Å². The van der Waals surface area contributed by atoms with Gasteiger partial charge in [-0.15, -0.1) is 10.2 Å². The molecule has 12 heteroatoms. The minimum Gasteiger partial charge on any atom is -0.378 e. The molecule has 1 aliphatic carbocycles. The van der Waals surface area contributed by atoms with Gasteiger partial charge >= 0.3 is 12.2 Å². The number of anilines is 1. The minimum absolute atomic E-state index is 0.0863. The van der Waals surface area contributed by atoms with E-state index < -0.39 is 23.7 Å². The van der Waals surface area contributed by atoms with Gasteiger partial charge in [0.1, 0.15) is 0 Å². The average molecular weight is 471 g/mol. The molecule has 0 bridgehead atoms. The van der Waals surface area contributed by atoms with Crippen molar-refractivity contribution in [2.24, 2.45) is 5.73 Å². The first-order valence-corrected chi connectivity index (χ1v) is 11.3. The third kappa shape index (κ3) is 6.62. The van der Waals surface area contributed by atoms with Crippen LogP contribution in [-0.2, 0) is 17.5 Å². The second kappa shape index (κ2) is 10.7. The SMILES string of the molecule is NC(=O)NC(=O)CCSc1nnc(CNc2cccc(C(F)(F)F)c2)n1C1CCCCC1. The van der Waals surface area contributed by atoms with Crippen molar-refractivity contribution in [3.8, 4) is 0 Å². The fourth-order valence-corrected chi connectivity index (χ4v) is 4.62. The Labute approximate surface area is 187 Å². The fourth-order valence-electron chi connectivity index (χ4n) is 3.65. The molecule has 0 aliphatic heterocycles. The topological polar surface area (TPSA) is 115 Å². The highest BCUT2D eigenvalue weighted by atomic mass is 32.2. The molecular weight excluding hydrogens is 445 g/mol. The second-order valence-corrected chi connectivity index (χ2v) is 8.57. The van der Waals surface area contributed by atoms with E-state index >= 15 is 0 Å². The van der Waals surface area contributed by atoms with Crippen LogP contribution in [0.2, 0.25) is 0 Å². The fraction of sp³-hybridized carbons (Fsp3) is 0.500. The van der Waals surface area contributed by atoms with Crippen LogP contribution < -0.4 is 16.4 Å². The van der Waals surface area contributed by atoms with Crippen LogP contribution in [0, 0.1) is 0 Å². The molecule has 1 heterocycles. The molecule has 4 N–H and O–H groups in total. The predicted octanol–water partition coefficient (Wildman–Crippen LogP) is 4.09. The van der Waals surface area contributed by atoms with Crippen LogP contribution in [0.25, 0.3) is 0 Å². The summed E-state index contributed by atoms with van der Waals surface area (Å²) in [5, 5.41) is 14.2. The maximum Gasteiger partial charge on any atom is 0.416 e. The number of thioether (sulfide) groups is 1. The van der Waals surface area contributed by atoms with Crippen molar-refractivity contribution in [1.29, 1.82) is 0 Å². The van der Waals surface area contributed by atoms with Gasteiger partial charge in [0, 0.05) is 23.9 Å². The minimum atomic E-state index is -4.41. The molecule has 1 aromatic carbocycles. The van der Waals surface area contributed by atoms with Crippen molar-refractivity contribution in [2.45, 2.75) is 62.4 Å². The molecule has 0 saturated heterocycles. The van der Waals surface area contributed by atoms with Crippen LogP contribution in [0.15, 0.2) is 29.4 Å². The van der Waals surface area contributed by atoms with Crippen LogP contribution in [0.4, 0.5) is 23.7 Å². The number of carbonyl (C=O) groups is 2. The van der Waals surface area contributed by atoms with Crippen molar-refractivity contribution in [1.82, 2.24) is 20.1 Å². The average Bonchev–Trinajstić information content (AvgIpc) is 3.14. The Morgan fingerprint density at radius 3 is 2.62 bits per heavy atom. The van der Waals surface area contributed by atoms with Crippen molar-refractivity contribution in [2.75, 3.05) is 11.1 Å². The van der Waals surface area contributed by atoms with Crippen molar-refractivity contribution >= 4 is 29.4 Å². The zero-order chi connectivity index (χ0) is 23.1. The Morgan fingerprint density at radius 1 is 1.19 bits per heavy atom. The molecule has 0 radical (unpaired) electrons. The van der Waals surface area contributed by atoms with E-state index in [0.29, 0.717) is 22.4 Å². The van der Waals surface area contributed by atoms with Crippen molar-refractivity contribution < 1.29 is 22.8 Å². The maximum absolute atomic E-state index is 13.0. The molecule has 3 rings (SSSR count). The van der Waals surface area contributed by atoms with Crippen LogP contribution >= 0.6 is 11.8 Å². The molecule has 0 unspecified atom stereocenters. The van der Waals surface area contributed by atoms with E-state index in [4.69, 9.17) is 5.73 Å². The summed E-state index contributed by atoms with van der Waals surface area (Å²) in [5.74, 6) is 0.531. The van der Waals surface area contributed by atoms with E-state index in [1.807, 2.05) is 9.88 Å². The van der Waals surface area contributed by atoms with Crippen molar-refractivity contribution in [3.05, 3.63) is 35.7 Å². The number of aromatic nitrogens is 3. The highest BCUT2D eigenvalue weighted by molar-refractivity contribution is 7.99. The standard InChI is InChI=1S/C20H25F3N6O2S/c21-20(22,23)13-5-4-6-14(11-13)25-12-16-27-28-19(29(16)15-7-2-1-3-8-15)32-10-9-17(30)26-18(24)31/h4-6,11,15,25H,1-3,7-10,12H2,(H3,24,26,30,31). The zero-order valence-electron chi connectivity index (χ0n) is 17.3. The summed E-state index contributed by atoms with van der Waals surface area (Å²) in [6, 6.07) is 4.32. The van der Waals surface area contributed by atoms with Crippen LogP contribution in [0.5, 0.6) is 0 Å². The van der Waals surface area contributed by atoms with Crippen molar-refractivity contribution in [3.63, 3.8) is 0 Å². The molecule has 1 aromatic heterocycles. The monoisotopic (exact) mass is 470 g/mol. The van der Waals surface area contributed by atoms with E-state index in [9.17, 15) is 22.8 Å². The largest absolute Gasteiger partial charge is 0.416 e. The van der Waals surface area contributed by atoms with Gasteiger partial charge in [-0.25, -0.2) is 4.79 Å². The van der Waals surface area contributed by atoms with Gasteiger partial charge in [-0.05, 0) is 31.0 Å². The Morgan fingerprint density at radius 2 is 1.94 bits per heavy atom. The molecule has 174 valence electrons. The number of benzene rings is 1. The first-order valence-electron chi connectivity index (χ1n) is 10.3. The van der Waals surface area contributed by atoms with Gasteiger partial charge in [-0.1, -0.05) is 37.1 Å². The predicted molar refractivity (Wildman–Crippen MR) is 114 cm³/mol. The van der Waals surface area contributed by atoms with Gasteiger partial charge in [0.25, 0.3) is 0 Å². The van der Waals surface area contributed by atoms with Gasteiger partial charge in [-0.2, -0.15) is 13.2 Å². The molecule has 1 fully saturated rings. The number of halogens is 3. The molecule has 8 nitrogen and oxygen atoms in total. The zero-order valence-corrected chi connectivity index (χ0v) is 18.1. The summed E-state index contributed by atoms with van der Waals surface area (Å²) >= 11 is 1.34. The number of carbonyl (C=O) groups excluding carboxylic acids is 2. The Balaban J connectivity index is 1.71. The highest BCUT2D eigenvalue weighted by Crippen LogP contribution is 2.34. The second-order valence-electron chi connectivity index (χ2n) is 7.50. The summed E-state index contributed by atoms with van der Waals surface area (Å²) in [5.41, 5.74) is 4.56. The number of primary amides is 1. The lowest BCUT2D eigenvalue weighted by atomic mass is 9.95. The maximum atomic E-state index is 13.0. The summed E-state index contributed by atoms with van der Waals surface area (Å²) < 4.78 is 41.0. The lowest BCUT2D eigenvalue weighted by Gasteiger charge is -2.25. The van der Waals surface area contributed by atoms with Gasteiger partial charge in [0.2, 0.25) is 5.91 Å². The third-order valence-electron chi connectivity index (χ3n) is 5.14. The first-order chi connectivity index (χ1) is 15.2. The van der Waals surface area contributed by atoms with Gasteiger partial charge < -0.3 is 15.6 Å². The van der Waals surface area contributed by atoms with E-state index in [1.54, 1.807) is 6.07 Å². The number of nitrogens with two attached hydrogens (primary N) is 1. The number of rotatable bonds is 8. The molecule has 2 aromatic rings. The molecule has 3 amide bonds. The molecular formula is C20H25F3N6O2S. The molecule has 0 atom stereocenters. The highest BCUT2D eigenvalue weighted by Gasteiger charge is 2.30. The Bertz CT molecular complexity index is 944. The Hall–Kier alpha value is -2.76. The number of urea groups is 1. The van der Waals surface area contributed by atoms with Crippen LogP contribution in [0.1, 0.15) is 56.0 Å². The number of amides is 3. The normalized spacial score (nSPS) is 14.8. The lowest BCUT2D eigenvalue weighted by Crippen LogP contribution is -2.35. The van der Waals surface area contributed by atoms with Gasteiger partial charge in [0.05, 0.1) is 12.1 Å². The first kappa shape index (κ1) is 23.9. The third-order valence-corrected chi connectivity index (χ3v) is 6.08. The number of hydrogen-bond donors (Lipinski definition) is 3. The lowest BCUT2D eigenvalue weighted by molar-refractivity contribution is -0.137. The number of nitrogens with one attached hydrogen (secondary N) is 2. The summed E-state index contributed by atoms with van der Waals surface area (Å²) in [6.07, 6.45) is 0.914. The molecule has 0 spiro atoms. The smallest absolute Gasteiger partial charge is 0.378 e. The van der Waals surface area contributed by atoms with E-state index in [-0.39, 0.29) is 19.0 Å². The molecule has 1 aliphatic rings. The number of alkyl halides is 3. The van der Waals surface area contributed by atoms with Crippen LogP contribution in [-0.4, -0.2) is 32.5 Å². The van der Waals surface area contributed by atoms with Gasteiger partial charge in [-0.3, -0.25) is 10.1 Å².